The van der Waals surface area contributed by atoms with Crippen LogP contribution in [0.4, 0.5) is 0 Å². The molecule has 1 heterocycles. The number of nitrogens with two attached hydrogens (primary N) is 1. The molecule has 1 saturated heterocycles. The SMILES string of the molecule is CC(C)(C)S(=O)CCN=C(N)N1CCCCC1.I. The minimum absolute atomic E-state index is 0. The van der Waals surface area contributed by atoms with Gasteiger partial charge in [-0.3, -0.25) is 9.20 Å². The second kappa shape index (κ2) is 8.35. The molecular weight excluding hydrogens is 361 g/mol. The minimum Gasteiger partial charge on any atom is -0.370 e. The summed E-state index contributed by atoms with van der Waals surface area (Å²) in [6.07, 6.45) is 3.69. The number of halogens is 1. The average Bonchev–Trinajstić information content (AvgIpc) is 2.28. The topological polar surface area (TPSA) is 58.7 Å². The van der Waals surface area contributed by atoms with Crippen LogP contribution < -0.4 is 5.73 Å². The molecule has 0 aromatic heterocycles. The summed E-state index contributed by atoms with van der Waals surface area (Å²) < 4.78 is 11.7. The standard InChI is InChI=1S/C12H25N3OS.HI/c1-12(2,3)17(16)10-7-14-11(13)15-8-5-4-6-9-15;/h4-10H2,1-3H3,(H2,13,14);1H. The Bertz CT molecular complexity index is 296. The number of hydrogen-bond acceptors (Lipinski definition) is 2. The lowest BCUT2D eigenvalue weighted by atomic mass is 10.1. The summed E-state index contributed by atoms with van der Waals surface area (Å²) in [5, 5.41) is 0. The predicted octanol–water partition coefficient (Wildman–Crippen LogP) is 1.95. The molecule has 4 nitrogen and oxygen atoms in total. The summed E-state index contributed by atoms with van der Waals surface area (Å²) in [7, 11) is -0.840. The summed E-state index contributed by atoms with van der Waals surface area (Å²) >= 11 is 0. The largest absolute Gasteiger partial charge is 0.370 e. The molecule has 1 atom stereocenters. The normalized spacial score (nSPS) is 19.3. The Morgan fingerprint density at radius 2 is 1.83 bits per heavy atom. The van der Waals surface area contributed by atoms with Gasteiger partial charge in [-0.25, -0.2) is 0 Å². The number of hydrogen-bond donors (Lipinski definition) is 1. The molecule has 18 heavy (non-hydrogen) atoms. The van der Waals surface area contributed by atoms with Gasteiger partial charge in [0.2, 0.25) is 0 Å². The molecule has 0 radical (unpaired) electrons. The van der Waals surface area contributed by atoms with Gasteiger partial charge in [0, 0.05) is 34.4 Å². The third-order valence-corrected chi connectivity index (χ3v) is 4.83. The van der Waals surface area contributed by atoms with Crippen molar-refractivity contribution in [2.75, 3.05) is 25.4 Å². The molecule has 0 spiro atoms. The van der Waals surface area contributed by atoms with E-state index in [0.717, 1.165) is 13.1 Å². The molecule has 1 fully saturated rings. The fourth-order valence-electron chi connectivity index (χ4n) is 1.77. The molecule has 1 aliphatic heterocycles. The van der Waals surface area contributed by atoms with E-state index >= 15 is 0 Å². The van der Waals surface area contributed by atoms with Gasteiger partial charge in [0.25, 0.3) is 0 Å². The number of piperidine rings is 1. The van der Waals surface area contributed by atoms with E-state index in [1.807, 2.05) is 20.8 Å². The Labute approximate surface area is 130 Å². The molecule has 0 saturated carbocycles. The average molecular weight is 387 g/mol. The van der Waals surface area contributed by atoms with E-state index in [-0.39, 0.29) is 28.7 Å². The quantitative estimate of drug-likeness (QED) is 0.458. The first-order valence-electron chi connectivity index (χ1n) is 6.34. The Morgan fingerprint density at radius 3 is 2.33 bits per heavy atom. The molecule has 108 valence electrons. The number of guanidine groups is 1. The van der Waals surface area contributed by atoms with Gasteiger partial charge in [-0.15, -0.1) is 24.0 Å². The third kappa shape index (κ3) is 6.36. The molecule has 0 aromatic carbocycles. The Balaban J connectivity index is 0.00000289. The monoisotopic (exact) mass is 387 g/mol. The zero-order valence-electron chi connectivity index (χ0n) is 11.6. The fourth-order valence-corrected chi connectivity index (χ4v) is 2.64. The van der Waals surface area contributed by atoms with Crippen molar-refractivity contribution < 1.29 is 4.21 Å². The third-order valence-electron chi connectivity index (χ3n) is 2.91. The highest BCUT2D eigenvalue weighted by Gasteiger charge is 2.18. The number of aliphatic imine (C=N–C) groups is 1. The van der Waals surface area contributed by atoms with E-state index in [4.69, 9.17) is 5.73 Å². The highest BCUT2D eigenvalue weighted by molar-refractivity contribution is 14.0. The van der Waals surface area contributed by atoms with Gasteiger partial charge in [-0.2, -0.15) is 0 Å². The molecule has 1 rings (SSSR count). The van der Waals surface area contributed by atoms with E-state index in [1.54, 1.807) is 0 Å². The second-order valence-electron chi connectivity index (χ2n) is 5.45. The minimum atomic E-state index is -0.840. The molecule has 0 bridgehead atoms. The summed E-state index contributed by atoms with van der Waals surface area (Å²) in [5.41, 5.74) is 5.92. The first-order chi connectivity index (χ1) is 7.91. The Hall–Kier alpha value is 0.150. The van der Waals surface area contributed by atoms with E-state index < -0.39 is 10.8 Å². The van der Waals surface area contributed by atoms with Crippen LogP contribution in [0, 0.1) is 0 Å². The molecule has 2 N–H and O–H groups in total. The van der Waals surface area contributed by atoms with Crippen LogP contribution in [-0.4, -0.2) is 45.2 Å². The smallest absolute Gasteiger partial charge is 0.191 e. The maximum atomic E-state index is 11.8. The highest BCUT2D eigenvalue weighted by atomic mass is 127. The van der Waals surface area contributed by atoms with Crippen LogP contribution >= 0.6 is 24.0 Å². The summed E-state index contributed by atoms with van der Waals surface area (Å²) in [5.74, 6) is 1.22. The van der Waals surface area contributed by atoms with Crippen LogP contribution in [0.5, 0.6) is 0 Å². The van der Waals surface area contributed by atoms with Crippen LogP contribution in [0.3, 0.4) is 0 Å². The number of nitrogens with zero attached hydrogens (tertiary/aromatic N) is 2. The van der Waals surface area contributed by atoms with Crippen LogP contribution in [0.15, 0.2) is 4.99 Å². The molecule has 6 heteroatoms. The van der Waals surface area contributed by atoms with Gasteiger partial charge >= 0.3 is 0 Å². The van der Waals surface area contributed by atoms with E-state index in [2.05, 4.69) is 9.89 Å². The van der Waals surface area contributed by atoms with Crippen molar-refractivity contribution >= 4 is 40.7 Å². The lowest BCUT2D eigenvalue weighted by Crippen LogP contribution is -2.41. The Morgan fingerprint density at radius 1 is 1.28 bits per heavy atom. The Kier molecular flexibility index (Phi) is 8.42. The van der Waals surface area contributed by atoms with Crippen molar-refractivity contribution in [2.45, 2.75) is 44.8 Å². The van der Waals surface area contributed by atoms with Gasteiger partial charge in [0.05, 0.1) is 6.54 Å². The summed E-state index contributed by atoms with van der Waals surface area (Å²) in [4.78, 5) is 6.46. The van der Waals surface area contributed by atoms with Gasteiger partial charge in [-0.1, -0.05) is 0 Å². The van der Waals surface area contributed by atoms with Crippen LogP contribution in [-0.2, 0) is 10.8 Å². The highest BCUT2D eigenvalue weighted by Crippen LogP contribution is 2.11. The summed E-state index contributed by atoms with van der Waals surface area (Å²) in [6, 6.07) is 0. The molecule has 1 aliphatic rings. The van der Waals surface area contributed by atoms with Crippen LogP contribution in [0.25, 0.3) is 0 Å². The zero-order valence-corrected chi connectivity index (χ0v) is 14.8. The molecule has 0 amide bonds. The second-order valence-corrected chi connectivity index (χ2v) is 7.77. The van der Waals surface area contributed by atoms with Gasteiger partial charge in [-0.05, 0) is 40.0 Å². The van der Waals surface area contributed by atoms with Crippen molar-refractivity contribution in [3.63, 3.8) is 0 Å². The van der Waals surface area contributed by atoms with Gasteiger partial charge in [0.1, 0.15) is 0 Å². The number of rotatable bonds is 3. The maximum Gasteiger partial charge on any atom is 0.191 e. The molecular formula is C12H26IN3OS. The van der Waals surface area contributed by atoms with Crippen LogP contribution in [0.1, 0.15) is 40.0 Å². The van der Waals surface area contributed by atoms with Crippen molar-refractivity contribution in [1.82, 2.24) is 4.90 Å². The molecule has 1 unspecified atom stereocenters. The van der Waals surface area contributed by atoms with E-state index in [1.165, 1.54) is 19.3 Å². The van der Waals surface area contributed by atoms with E-state index in [0.29, 0.717) is 18.3 Å². The summed E-state index contributed by atoms with van der Waals surface area (Å²) in [6.45, 7) is 8.55. The molecule has 0 aliphatic carbocycles. The predicted molar refractivity (Wildman–Crippen MR) is 90.1 cm³/mol. The zero-order chi connectivity index (χ0) is 12.9. The van der Waals surface area contributed by atoms with Crippen molar-refractivity contribution in [3.05, 3.63) is 0 Å². The lowest BCUT2D eigenvalue weighted by molar-refractivity contribution is 0.338. The van der Waals surface area contributed by atoms with Crippen LogP contribution in [0.2, 0.25) is 0 Å². The van der Waals surface area contributed by atoms with E-state index in [9.17, 15) is 4.21 Å². The first-order valence-corrected chi connectivity index (χ1v) is 7.66. The molecule has 0 aromatic rings. The van der Waals surface area contributed by atoms with Gasteiger partial charge in [0.15, 0.2) is 5.96 Å². The lowest BCUT2D eigenvalue weighted by Gasteiger charge is -2.27. The fraction of sp³-hybridized carbons (Fsp3) is 0.917. The number of likely N-dealkylation sites (tertiary alicyclic amines) is 1. The van der Waals surface area contributed by atoms with Crippen molar-refractivity contribution in [3.8, 4) is 0 Å². The maximum absolute atomic E-state index is 11.8. The van der Waals surface area contributed by atoms with Gasteiger partial charge < -0.3 is 10.6 Å². The van der Waals surface area contributed by atoms with Crippen molar-refractivity contribution in [2.24, 2.45) is 10.7 Å². The first kappa shape index (κ1) is 18.1. The van der Waals surface area contributed by atoms with Crippen molar-refractivity contribution in [1.29, 1.82) is 0 Å².